The third-order valence-electron chi connectivity index (χ3n) is 7.22. The van der Waals surface area contributed by atoms with Gasteiger partial charge in [0.2, 0.25) is 0 Å². The Hall–Kier alpha value is -3.85. The summed E-state index contributed by atoms with van der Waals surface area (Å²) in [5.41, 5.74) is 3.10. The van der Waals surface area contributed by atoms with Crippen molar-refractivity contribution in [3.8, 4) is 0 Å². The zero-order chi connectivity index (χ0) is 26.0. The van der Waals surface area contributed by atoms with Gasteiger partial charge in [-0.25, -0.2) is 0 Å². The van der Waals surface area contributed by atoms with Crippen LogP contribution in [0.25, 0.3) is 0 Å². The molecule has 6 rings (SSSR count). The van der Waals surface area contributed by atoms with E-state index in [9.17, 15) is 9.59 Å². The minimum absolute atomic E-state index is 0. The number of rotatable bonds is 7. The van der Waals surface area contributed by atoms with Crippen molar-refractivity contribution < 1.29 is 26.6 Å². The topological polar surface area (TPSA) is 37.4 Å². The summed E-state index contributed by atoms with van der Waals surface area (Å²) >= 11 is 0. The zero-order valence-electron chi connectivity index (χ0n) is 21.3. The molecule has 3 nitrogen and oxygen atoms in total. The minimum Gasteiger partial charge on any atom is -1.00 e. The Bertz CT molecular complexity index is 1480. The molecule has 0 radical (unpaired) electrons. The molecule has 0 bridgehead atoms. The molecule has 5 aromatic rings. The summed E-state index contributed by atoms with van der Waals surface area (Å²) in [6.45, 7) is 0.258. The molecule has 192 valence electrons. The fourth-order valence-corrected chi connectivity index (χ4v) is 9.66. The molecule has 5 heteroatoms. The second-order valence-electron chi connectivity index (χ2n) is 9.54. The van der Waals surface area contributed by atoms with Crippen molar-refractivity contribution >= 4 is 35.0 Å². The summed E-state index contributed by atoms with van der Waals surface area (Å²) in [5.74, 6) is -0.452. The first kappa shape index (κ1) is 26.7. The molecule has 1 aliphatic heterocycles. The van der Waals surface area contributed by atoms with Crippen LogP contribution in [0.15, 0.2) is 140 Å². The number of halogens is 1. The van der Waals surface area contributed by atoms with Crippen LogP contribution in [0.3, 0.4) is 0 Å². The number of nitrogens with zero attached hydrogens (tertiary/aromatic N) is 1. The van der Waals surface area contributed by atoms with Crippen LogP contribution < -0.4 is 32.9 Å². The molecule has 1 aliphatic rings. The highest BCUT2D eigenvalue weighted by Crippen LogP contribution is 2.58. The molecule has 0 spiro atoms. The predicted octanol–water partition coefficient (Wildman–Crippen LogP) is 2.98. The number of benzene rings is 5. The van der Waals surface area contributed by atoms with E-state index in [1.54, 1.807) is 24.3 Å². The molecule has 0 unspecified atom stereocenters. The van der Waals surface area contributed by atoms with Gasteiger partial charge in [-0.15, -0.1) is 0 Å². The third kappa shape index (κ3) is 4.98. The molecule has 0 fully saturated rings. The molecule has 1 heterocycles. The van der Waals surface area contributed by atoms with Crippen molar-refractivity contribution in [2.75, 3.05) is 0 Å². The third-order valence-corrected chi connectivity index (χ3v) is 11.6. The van der Waals surface area contributed by atoms with Crippen molar-refractivity contribution in [1.29, 1.82) is 0 Å². The molecule has 0 N–H and O–H groups in total. The monoisotopic (exact) mass is 591 g/mol. The van der Waals surface area contributed by atoms with Crippen molar-refractivity contribution in [2.45, 2.75) is 12.7 Å². The van der Waals surface area contributed by atoms with Gasteiger partial charge >= 0.3 is 0 Å². The molecular weight excluding hydrogens is 565 g/mol. The van der Waals surface area contributed by atoms with E-state index in [1.165, 1.54) is 26.4 Å². The summed E-state index contributed by atoms with van der Waals surface area (Å²) in [6, 6.07) is 47.8. The van der Waals surface area contributed by atoms with Crippen LogP contribution in [0.1, 0.15) is 31.8 Å². The van der Waals surface area contributed by atoms with Gasteiger partial charge in [-0.05, 0) is 59.7 Å². The van der Waals surface area contributed by atoms with Gasteiger partial charge in [0.05, 0.1) is 23.8 Å². The fourth-order valence-electron chi connectivity index (χ4n) is 5.43. The van der Waals surface area contributed by atoms with Gasteiger partial charge in [-0.2, -0.15) is 0 Å². The molecular formula is C34H27BrNO2P. The molecule has 0 saturated carbocycles. The van der Waals surface area contributed by atoms with E-state index in [0.717, 1.165) is 11.7 Å². The lowest BCUT2D eigenvalue weighted by Gasteiger charge is -2.28. The standard InChI is InChI=1S/C34H27NO2P.BrH/c36-33-31-21-10-11-22-32(31)34(37)35(33)24-26-13-12-14-27(23-26)25-38(28-15-4-1-5-16-28,29-17-6-2-7-18-29)30-19-8-3-9-20-30;/h1-23H,24-25H2;1H/q+1;/p-1. The molecule has 39 heavy (non-hydrogen) atoms. The summed E-state index contributed by atoms with van der Waals surface area (Å²) < 4.78 is 0. The highest BCUT2D eigenvalue weighted by Gasteiger charge is 2.45. The Morgan fingerprint density at radius 3 is 1.36 bits per heavy atom. The van der Waals surface area contributed by atoms with Crippen LogP contribution in [-0.4, -0.2) is 16.7 Å². The van der Waals surface area contributed by atoms with Crippen LogP contribution in [0.5, 0.6) is 0 Å². The quantitative estimate of drug-likeness (QED) is 0.216. The van der Waals surface area contributed by atoms with Crippen LogP contribution >= 0.6 is 7.26 Å². The molecule has 0 aliphatic carbocycles. The van der Waals surface area contributed by atoms with Crippen LogP contribution in [0.2, 0.25) is 0 Å². The summed E-state index contributed by atoms with van der Waals surface area (Å²) in [5, 5.41) is 3.97. The van der Waals surface area contributed by atoms with Crippen LogP contribution in [0.4, 0.5) is 0 Å². The summed E-state index contributed by atoms with van der Waals surface area (Å²) in [7, 11) is -2.05. The second kappa shape index (κ2) is 11.5. The average Bonchev–Trinajstić information content (AvgIpc) is 3.22. The van der Waals surface area contributed by atoms with Gasteiger partial charge in [-0.3, -0.25) is 14.5 Å². The minimum atomic E-state index is -2.05. The van der Waals surface area contributed by atoms with E-state index in [4.69, 9.17) is 0 Å². The van der Waals surface area contributed by atoms with Gasteiger partial charge in [0, 0.05) is 0 Å². The van der Waals surface area contributed by atoms with Gasteiger partial charge in [0.1, 0.15) is 23.2 Å². The first-order valence-electron chi connectivity index (χ1n) is 12.7. The number of carbonyl (C=O) groups excluding carboxylic acids is 2. The van der Waals surface area contributed by atoms with E-state index in [0.29, 0.717) is 11.1 Å². The number of carbonyl (C=O) groups is 2. The maximum atomic E-state index is 13.0. The summed E-state index contributed by atoms with van der Waals surface area (Å²) in [4.78, 5) is 27.3. The Balaban J connectivity index is 0.00000308. The number of fused-ring (bicyclic) bond motifs is 1. The zero-order valence-corrected chi connectivity index (χ0v) is 23.8. The Morgan fingerprint density at radius 1 is 0.487 bits per heavy atom. The first-order chi connectivity index (χ1) is 18.7. The lowest BCUT2D eigenvalue weighted by Crippen LogP contribution is -3.00. The second-order valence-corrected chi connectivity index (χ2v) is 13.0. The summed E-state index contributed by atoms with van der Waals surface area (Å²) in [6.07, 6.45) is 0.834. The number of hydrogen-bond donors (Lipinski definition) is 0. The van der Waals surface area contributed by atoms with Gasteiger partial charge in [0.15, 0.2) is 0 Å². The first-order valence-corrected chi connectivity index (χ1v) is 14.7. The highest BCUT2D eigenvalue weighted by atomic mass is 79.9. The van der Waals surface area contributed by atoms with E-state index in [-0.39, 0.29) is 35.3 Å². The van der Waals surface area contributed by atoms with E-state index < -0.39 is 7.26 Å². The van der Waals surface area contributed by atoms with Crippen molar-refractivity contribution in [3.63, 3.8) is 0 Å². The Morgan fingerprint density at radius 2 is 0.897 bits per heavy atom. The largest absolute Gasteiger partial charge is 1.00 e. The molecule has 0 aromatic heterocycles. The number of amides is 2. The SMILES string of the molecule is O=C1c2ccccc2C(=O)N1Cc1cccc(C[P+](c2ccccc2)(c2ccccc2)c2ccccc2)c1.[Br-]. The highest BCUT2D eigenvalue weighted by molar-refractivity contribution is 7.95. The van der Waals surface area contributed by atoms with Gasteiger partial charge in [-0.1, -0.05) is 91.0 Å². The van der Waals surface area contributed by atoms with Gasteiger partial charge in [0.25, 0.3) is 11.8 Å². The predicted molar refractivity (Wildman–Crippen MR) is 156 cm³/mol. The van der Waals surface area contributed by atoms with Crippen molar-refractivity contribution in [2.24, 2.45) is 0 Å². The lowest BCUT2D eigenvalue weighted by molar-refractivity contribution is -0.0000303. The maximum absolute atomic E-state index is 13.0. The van der Waals surface area contributed by atoms with Gasteiger partial charge < -0.3 is 17.0 Å². The fraction of sp³-hybridized carbons (Fsp3) is 0.0588. The van der Waals surface area contributed by atoms with E-state index in [2.05, 4.69) is 103 Å². The number of imide groups is 1. The van der Waals surface area contributed by atoms with Crippen molar-refractivity contribution in [1.82, 2.24) is 4.90 Å². The Labute approximate surface area is 240 Å². The van der Waals surface area contributed by atoms with E-state index in [1.807, 2.05) is 12.1 Å². The molecule has 0 saturated heterocycles. The van der Waals surface area contributed by atoms with Crippen LogP contribution in [-0.2, 0) is 12.7 Å². The van der Waals surface area contributed by atoms with Crippen molar-refractivity contribution in [3.05, 3.63) is 162 Å². The van der Waals surface area contributed by atoms with E-state index >= 15 is 0 Å². The smallest absolute Gasteiger partial charge is 0.261 e. The Kier molecular flexibility index (Phi) is 7.88. The number of hydrogen-bond acceptors (Lipinski definition) is 2. The normalized spacial score (nSPS) is 12.7. The molecule has 2 amide bonds. The van der Waals surface area contributed by atoms with Crippen LogP contribution in [0, 0.1) is 0 Å². The molecule has 0 atom stereocenters. The average molecular weight is 592 g/mol. The maximum Gasteiger partial charge on any atom is 0.261 e. The lowest BCUT2D eigenvalue weighted by atomic mass is 10.1. The molecule has 5 aromatic carbocycles.